The highest BCUT2D eigenvalue weighted by atomic mass is 19.1. The third kappa shape index (κ3) is 1.94. The van der Waals surface area contributed by atoms with Gasteiger partial charge in [-0.1, -0.05) is 12.1 Å². The zero-order valence-electron chi connectivity index (χ0n) is 8.76. The first-order valence-corrected chi connectivity index (χ1v) is 4.55. The fourth-order valence-electron chi connectivity index (χ4n) is 1.37. The van der Waals surface area contributed by atoms with Gasteiger partial charge in [0.05, 0.1) is 12.1 Å². The van der Waals surface area contributed by atoms with Gasteiger partial charge in [-0.15, -0.1) is 0 Å². The van der Waals surface area contributed by atoms with Gasteiger partial charge in [0.25, 0.3) is 0 Å². The van der Waals surface area contributed by atoms with Gasteiger partial charge in [0.1, 0.15) is 5.82 Å². The molecule has 0 heterocycles. The van der Waals surface area contributed by atoms with E-state index in [9.17, 15) is 4.39 Å². The molecule has 1 atom stereocenters. The van der Waals surface area contributed by atoms with Crippen molar-refractivity contribution < 1.29 is 9.50 Å². The van der Waals surface area contributed by atoms with Crippen molar-refractivity contribution >= 4 is 0 Å². The average molecular weight is 197 g/mol. The predicted octanol–water partition coefficient (Wildman–Crippen LogP) is 1.61. The van der Waals surface area contributed by atoms with Crippen LogP contribution in [0.25, 0.3) is 0 Å². The quantitative estimate of drug-likeness (QED) is 0.756. The van der Waals surface area contributed by atoms with Gasteiger partial charge in [-0.2, -0.15) is 0 Å². The molecule has 0 aliphatic carbocycles. The van der Waals surface area contributed by atoms with Crippen LogP contribution >= 0.6 is 0 Å². The van der Waals surface area contributed by atoms with Crippen LogP contribution in [0.1, 0.15) is 23.6 Å². The van der Waals surface area contributed by atoms with E-state index in [1.54, 1.807) is 32.9 Å². The lowest BCUT2D eigenvalue weighted by Gasteiger charge is -2.23. The molecule has 2 nitrogen and oxygen atoms in total. The first-order valence-electron chi connectivity index (χ1n) is 4.55. The molecule has 0 fully saturated rings. The molecule has 0 radical (unpaired) electrons. The number of aliphatic hydroxyl groups excluding tert-OH is 1. The van der Waals surface area contributed by atoms with Crippen LogP contribution in [0.5, 0.6) is 0 Å². The zero-order chi connectivity index (χ0) is 10.9. The van der Waals surface area contributed by atoms with E-state index in [0.29, 0.717) is 11.1 Å². The molecule has 0 saturated heterocycles. The Bertz CT molecular complexity index is 324. The number of rotatable bonds is 2. The highest BCUT2D eigenvalue weighted by Crippen LogP contribution is 2.22. The second-order valence-electron chi connectivity index (χ2n) is 4.00. The van der Waals surface area contributed by atoms with Gasteiger partial charge in [-0.25, -0.2) is 4.39 Å². The molecule has 78 valence electrons. The van der Waals surface area contributed by atoms with E-state index in [4.69, 9.17) is 10.8 Å². The smallest absolute Gasteiger partial charge is 0.129 e. The molecule has 0 aliphatic heterocycles. The Morgan fingerprint density at radius 1 is 1.36 bits per heavy atom. The molecule has 0 spiro atoms. The second-order valence-corrected chi connectivity index (χ2v) is 4.00. The van der Waals surface area contributed by atoms with Crippen LogP contribution in [0.2, 0.25) is 0 Å². The van der Waals surface area contributed by atoms with E-state index >= 15 is 0 Å². The molecular weight excluding hydrogens is 181 g/mol. The summed E-state index contributed by atoms with van der Waals surface area (Å²) in [6, 6.07) is 3.36. The summed E-state index contributed by atoms with van der Waals surface area (Å²) in [5.41, 5.74) is 6.93. The lowest BCUT2D eigenvalue weighted by Crippen LogP contribution is -2.37. The van der Waals surface area contributed by atoms with E-state index in [-0.39, 0.29) is 12.4 Å². The largest absolute Gasteiger partial charge is 0.394 e. The Labute approximate surface area is 83.6 Å². The van der Waals surface area contributed by atoms with Crippen LogP contribution in [-0.2, 0) is 5.54 Å². The standard InChI is InChI=1S/C11H16FNO/c1-7-4-9(11(3,13)6-14)5-8(2)10(7)12/h4-5,14H,6,13H2,1-3H3/t11-/m0/s1. The lowest BCUT2D eigenvalue weighted by molar-refractivity contribution is 0.210. The van der Waals surface area contributed by atoms with Gasteiger partial charge < -0.3 is 10.8 Å². The van der Waals surface area contributed by atoms with Crippen LogP contribution in [-0.4, -0.2) is 11.7 Å². The van der Waals surface area contributed by atoms with E-state index in [1.165, 1.54) is 0 Å². The topological polar surface area (TPSA) is 46.2 Å². The Kier molecular flexibility index (Phi) is 2.92. The summed E-state index contributed by atoms with van der Waals surface area (Å²) >= 11 is 0. The molecule has 1 rings (SSSR count). The molecular formula is C11H16FNO. The highest BCUT2D eigenvalue weighted by molar-refractivity contribution is 5.34. The number of hydrogen-bond donors (Lipinski definition) is 2. The predicted molar refractivity (Wildman–Crippen MR) is 54.5 cm³/mol. The van der Waals surface area contributed by atoms with E-state index < -0.39 is 5.54 Å². The number of halogens is 1. The van der Waals surface area contributed by atoms with Crippen molar-refractivity contribution in [2.24, 2.45) is 5.73 Å². The highest BCUT2D eigenvalue weighted by Gasteiger charge is 2.21. The van der Waals surface area contributed by atoms with Gasteiger partial charge in [-0.3, -0.25) is 0 Å². The van der Waals surface area contributed by atoms with E-state index in [2.05, 4.69) is 0 Å². The van der Waals surface area contributed by atoms with Crippen molar-refractivity contribution in [3.63, 3.8) is 0 Å². The van der Waals surface area contributed by atoms with Crippen molar-refractivity contribution in [1.82, 2.24) is 0 Å². The van der Waals surface area contributed by atoms with Crippen molar-refractivity contribution in [3.05, 3.63) is 34.6 Å². The van der Waals surface area contributed by atoms with Crippen LogP contribution in [0.15, 0.2) is 12.1 Å². The molecule has 1 aromatic rings. The summed E-state index contributed by atoms with van der Waals surface area (Å²) in [6.07, 6.45) is 0. The van der Waals surface area contributed by atoms with Gasteiger partial charge in [0.15, 0.2) is 0 Å². The van der Waals surface area contributed by atoms with Gasteiger partial charge in [0.2, 0.25) is 0 Å². The molecule has 3 heteroatoms. The maximum Gasteiger partial charge on any atom is 0.129 e. The van der Waals surface area contributed by atoms with Gasteiger partial charge >= 0.3 is 0 Å². The fourth-order valence-corrected chi connectivity index (χ4v) is 1.37. The third-order valence-electron chi connectivity index (χ3n) is 2.42. The maximum absolute atomic E-state index is 13.3. The summed E-state index contributed by atoms with van der Waals surface area (Å²) in [5, 5.41) is 9.08. The summed E-state index contributed by atoms with van der Waals surface area (Å²) in [6.45, 7) is 4.95. The molecule has 0 amide bonds. The molecule has 14 heavy (non-hydrogen) atoms. The van der Waals surface area contributed by atoms with Crippen LogP contribution in [0.4, 0.5) is 4.39 Å². The molecule has 0 unspecified atom stereocenters. The SMILES string of the molecule is Cc1cc([C@@](C)(N)CO)cc(C)c1F. The van der Waals surface area contributed by atoms with Crippen molar-refractivity contribution in [1.29, 1.82) is 0 Å². The Balaban J connectivity index is 3.26. The molecule has 0 saturated carbocycles. The van der Waals surface area contributed by atoms with Crippen LogP contribution in [0, 0.1) is 19.7 Å². The molecule has 1 aromatic carbocycles. The number of benzene rings is 1. The number of aliphatic hydroxyl groups is 1. The Hall–Kier alpha value is -0.930. The minimum atomic E-state index is -0.802. The summed E-state index contributed by atoms with van der Waals surface area (Å²) in [5.74, 6) is -0.206. The fraction of sp³-hybridized carbons (Fsp3) is 0.455. The van der Waals surface area contributed by atoms with Gasteiger partial charge in [-0.05, 0) is 37.5 Å². The van der Waals surface area contributed by atoms with E-state index in [0.717, 1.165) is 5.56 Å². The zero-order valence-corrected chi connectivity index (χ0v) is 8.76. The number of hydrogen-bond acceptors (Lipinski definition) is 2. The molecule has 3 N–H and O–H groups in total. The molecule has 0 bridgehead atoms. The van der Waals surface area contributed by atoms with E-state index in [1.807, 2.05) is 0 Å². The summed E-state index contributed by atoms with van der Waals surface area (Å²) < 4.78 is 13.3. The number of nitrogens with two attached hydrogens (primary N) is 1. The van der Waals surface area contributed by atoms with Crippen molar-refractivity contribution in [2.75, 3.05) is 6.61 Å². The first kappa shape index (κ1) is 11.1. The molecule has 0 aromatic heterocycles. The minimum Gasteiger partial charge on any atom is -0.394 e. The summed E-state index contributed by atoms with van der Waals surface area (Å²) in [4.78, 5) is 0. The van der Waals surface area contributed by atoms with Crippen LogP contribution < -0.4 is 5.73 Å². The van der Waals surface area contributed by atoms with Crippen molar-refractivity contribution in [2.45, 2.75) is 26.3 Å². The summed E-state index contributed by atoms with van der Waals surface area (Å²) in [7, 11) is 0. The maximum atomic E-state index is 13.3. The second kappa shape index (κ2) is 3.67. The van der Waals surface area contributed by atoms with Crippen LogP contribution in [0.3, 0.4) is 0 Å². The lowest BCUT2D eigenvalue weighted by atomic mass is 9.91. The molecule has 0 aliphatic rings. The number of aryl methyl sites for hydroxylation is 2. The third-order valence-corrected chi connectivity index (χ3v) is 2.42. The normalized spacial score (nSPS) is 15.3. The average Bonchev–Trinajstić information content (AvgIpc) is 2.13. The van der Waals surface area contributed by atoms with Gasteiger partial charge in [0, 0.05) is 0 Å². The Morgan fingerprint density at radius 3 is 2.14 bits per heavy atom. The monoisotopic (exact) mass is 197 g/mol. The Morgan fingerprint density at radius 2 is 1.79 bits per heavy atom. The minimum absolute atomic E-state index is 0.155. The first-order chi connectivity index (χ1) is 6.38. The van der Waals surface area contributed by atoms with Crippen molar-refractivity contribution in [3.8, 4) is 0 Å².